The Morgan fingerprint density at radius 1 is 0.969 bits per heavy atom. The number of benzene rings is 2. The van der Waals surface area contributed by atoms with Gasteiger partial charge in [0, 0.05) is 13.1 Å². The van der Waals surface area contributed by atoms with Crippen molar-refractivity contribution < 1.29 is 23.9 Å². The molecule has 0 spiro atoms. The number of rotatable bonds is 11. The zero-order chi connectivity index (χ0) is 22.5. The number of nitrogens with two attached hydrogens (primary N) is 1. The highest BCUT2D eigenvalue weighted by molar-refractivity contribution is 5.89. The van der Waals surface area contributed by atoms with Crippen LogP contribution in [0.3, 0.4) is 0 Å². The largest absolute Gasteiger partial charge is 0.465 e. The average Bonchev–Trinajstić information content (AvgIpc) is 2.80. The van der Waals surface area contributed by atoms with Crippen LogP contribution < -0.4 is 16.4 Å². The Hall–Kier alpha value is -3.10. The van der Waals surface area contributed by atoms with Crippen LogP contribution in [-0.2, 0) is 27.3 Å². The minimum absolute atomic E-state index is 0. The zero-order valence-electron chi connectivity index (χ0n) is 18.0. The van der Waals surface area contributed by atoms with E-state index in [9.17, 15) is 14.4 Å². The topological polar surface area (TPSA) is 120 Å². The normalized spacial score (nSPS) is 10.9. The van der Waals surface area contributed by atoms with Gasteiger partial charge in [-0.15, -0.1) is 12.4 Å². The lowest BCUT2D eigenvalue weighted by Crippen LogP contribution is -2.41. The fourth-order valence-electron chi connectivity index (χ4n) is 2.85. The molecule has 0 bridgehead atoms. The van der Waals surface area contributed by atoms with Crippen molar-refractivity contribution in [2.45, 2.75) is 31.9 Å². The van der Waals surface area contributed by atoms with Crippen molar-refractivity contribution in [3.8, 4) is 0 Å². The number of halogens is 1. The van der Waals surface area contributed by atoms with Crippen molar-refractivity contribution in [2.75, 3.05) is 20.2 Å². The summed E-state index contributed by atoms with van der Waals surface area (Å²) < 4.78 is 9.82. The lowest BCUT2D eigenvalue weighted by Gasteiger charge is -2.13. The first-order valence-electron chi connectivity index (χ1n) is 10.1. The second kappa shape index (κ2) is 14.8. The number of nitrogens with one attached hydrogen (secondary N) is 2. The van der Waals surface area contributed by atoms with E-state index in [2.05, 4.69) is 10.6 Å². The molecular weight excluding hydrogens is 434 g/mol. The molecule has 32 heavy (non-hydrogen) atoms. The third-order valence-electron chi connectivity index (χ3n) is 4.57. The van der Waals surface area contributed by atoms with Crippen molar-refractivity contribution >= 4 is 30.4 Å². The monoisotopic (exact) mass is 463 g/mol. The molecule has 0 saturated heterocycles. The number of alkyl carbamates (subject to hydrolysis) is 1. The molecule has 2 rings (SSSR count). The van der Waals surface area contributed by atoms with Gasteiger partial charge in [-0.05, 0) is 42.5 Å². The van der Waals surface area contributed by atoms with Crippen LogP contribution >= 0.6 is 12.4 Å². The molecule has 0 fully saturated rings. The summed E-state index contributed by atoms with van der Waals surface area (Å²) in [5, 5.41) is 5.43. The van der Waals surface area contributed by atoms with Crippen molar-refractivity contribution in [1.82, 2.24) is 10.6 Å². The molecule has 0 unspecified atom stereocenters. The van der Waals surface area contributed by atoms with E-state index < -0.39 is 18.1 Å². The summed E-state index contributed by atoms with van der Waals surface area (Å²) in [6.07, 6.45) is 1.05. The van der Waals surface area contributed by atoms with Crippen LogP contribution in [0.25, 0.3) is 0 Å². The molecule has 2 aromatic carbocycles. The Balaban J connectivity index is 0.00000512. The van der Waals surface area contributed by atoms with E-state index in [1.165, 1.54) is 7.11 Å². The lowest BCUT2D eigenvalue weighted by atomic mass is 10.1. The van der Waals surface area contributed by atoms with Gasteiger partial charge in [0.25, 0.3) is 0 Å². The van der Waals surface area contributed by atoms with Crippen LogP contribution in [0.15, 0.2) is 54.6 Å². The molecule has 0 aliphatic rings. The molecule has 0 aliphatic carbocycles. The third kappa shape index (κ3) is 9.80. The van der Waals surface area contributed by atoms with E-state index in [0.717, 1.165) is 11.1 Å². The second-order valence-electron chi connectivity index (χ2n) is 6.97. The molecule has 0 aliphatic heterocycles. The average molecular weight is 464 g/mol. The van der Waals surface area contributed by atoms with Gasteiger partial charge in [-0.3, -0.25) is 4.79 Å². The van der Waals surface area contributed by atoms with Gasteiger partial charge in [0.05, 0.1) is 18.7 Å². The number of amides is 2. The van der Waals surface area contributed by atoms with E-state index in [4.69, 9.17) is 15.2 Å². The van der Waals surface area contributed by atoms with Crippen LogP contribution in [0, 0.1) is 0 Å². The number of carbonyl (C=O) groups is 3. The maximum absolute atomic E-state index is 12.1. The van der Waals surface area contributed by atoms with Crippen LogP contribution in [0.1, 0.15) is 34.3 Å². The third-order valence-corrected chi connectivity index (χ3v) is 4.57. The minimum Gasteiger partial charge on any atom is -0.465 e. The number of hydrogen-bond donors (Lipinski definition) is 3. The molecule has 0 aromatic heterocycles. The number of carbonyl (C=O) groups excluding carboxylic acids is 3. The predicted molar refractivity (Wildman–Crippen MR) is 124 cm³/mol. The number of ether oxygens (including phenoxy) is 2. The summed E-state index contributed by atoms with van der Waals surface area (Å²) in [6.45, 7) is 0.979. The Morgan fingerprint density at radius 2 is 1.69 bits per heavy atom. The maximum Gasteiger partial charge on any atom is 0.407 e. The van der Waals surface area contributed by atoms with Crippen molar-refractivity contribution in [3.05, 3.63) is 71.3 Å². The highest BCUT2D eigenvalue weighted by Gasteiger charge is 2.13. The SMILES string of the molecule is COC(=O)c1cccc(CCNC(=O)[C@@H](N)CCCNC(=O)OCc2ccccc2)c1.Cl. The predicted octanol–water partition coefficient (Wildman–Crippen LogP) is 2.59. The molecule has 1 atom stereocenters. The molecule has 2 amide bonds. The molecule has 174 valence electrons. The van der Waals surface area contributed by atoms with E-state index in [1.54, 1.807) is 18.2 Å². The van der Waals surface area contributed by atoms with Gasteiger partial charge < -0.3 is 25.8 Å². The highest BCUT2D eigenvalue weighted by atomic mass is 35.5. The first kappa shape index (κ1) is 26.9. The maximum atomic E-state index is 12.1. The van der Waals surface area contributed by atoms with Crippen LogP contribution in [0.2, 0.25) is 0 Å². The quantitative estimate of drug-likeness (QED) is 0.348. The summed E-state index contributed by atoms with van der Waals surface area (Å²) in [7, 11) is 1.33. The Labute approximate surface area is 194 Å². The summed E-state index contributed by atoms with van der Waals surface area (Å²) in [6, 6.07) is 15.8. The van der Waals surface area contributed by atoms with E-state index in [0.29, 0.717) is 37.9 Å². The Kier molecular flexibility index (Phi) is 12.5. The number of methoxy groups -OCH3 is 1. The number of hydrogen-bond acceptors (Lipinski definition) is 6. The molecule has 9 heteroatoms. The molecule has 0 radical (unpaired) electrons. The second-order valence-corrected chi connectivity index (χ2v) is 6.97. The smallest absolute Gasteiger partial charge is 0.407 e. The van der Waals surface area contributed by atoms with Crippen LogP contribution in [0.5, 0.6) is 0 Å². The van der Waals surface area contributed by atoms with Gasteiger partial charge in [0.2, 0.25) is 5.91 Å². The van der Waals surface area contributed by atoms with Gasteiger partial charge in [-0.2, -0.15) is 0 Å². The zero-order valence-corrected chi connectivity index (χ0v) is 18.9. The van der Waals surface area contributed by atoms with Crippen LogP contribution in [0.4, 0.5) is 4.79 Å². The lowest BCUT2D eigenvalue weighted by molar-refractivity contribution is -0.122. The molecule has 4 N–H and O–H groups in total. The van der Waals surface area contributed by atoms with Gasteiger partial charge in [0.1, 0.15) is 6.61 Å². The Bertz CT molecular complexity index is 864. The summed E-state index contributed by atoms with van der Waals surface area (Å²) >= 11 is 0. The molecule has 8 nitrogen and oxygen atoms in total. The molecule has 0 saturated carbocycles. The van der Waals surface area contributed by atoms with Gasteiger partial charge in [-0.1, -0.05) is 42.5 Å². The van der Waals surface area contributed by atoms with Gasteiger partial charge in [0.15, 0.2) is 0 Å². The minimum atomic E-state index is -0.663. The first-order valence-corrected chi connectivity index (χ1v) is 10.1. The first-order chi connectivity index (χ1) is 15.0. The van der Waals surface area contributed by atoms with Gasteiger partial charge in [-0.25, -0.2) is 9.59 Å². The molecule has 2 aromatic rings. The standard InChI is InChI=1S/C23H29N3O5.ClH/c1-30-22(28)19-10-5-9-17(15-19)12-14-25-21(27)20(24)11-6-13-26-23(29)31-16-18-7-3-2-4-8-18;/h2-5,7-10,15,20H,6,11-14,16,24H2,1H3,(H,25,27)(H,26,29);1H/t20-;/m0./s1. The Morgan fingerprint density at radius 3 is 2.41 bits per heavy atom. The van der Waals surface area contributed by atoms with Crippen molar-refractivity contribution in [1.29, 1.82) is 0 Å². The summed E-state index contributed by atoms with van der Waals surface area (Å²) in [4.78, 5) is 35.4. The fraction of sp³-hybridized carbons (Fsp3) is 0.348. The van der Waals surface area contributed by atoms with Crippen molar-refractivity contribution in [3.63, 3.8) is 0 Å². The highest BCUT2D eigenvalue weighted by Crippen LogP contribution is 2.07. The summed E-state index contributed by atoms with van der Waals surface area (Å²) in [5.74, 6) is -0.652. The molecule has 0 heterocycles. The van der Waals surface area contributed by atoms with E-state index >= 15 is 0 Å². The van der Waals surface area contributed by atoms with E-state index in [-0.39, 0.29) is 24.9 Å². The summed E-state index contributed by atoms with van der Waals surface area (Å²) in [5.41, 5.74) is 8.21. The number of esters is 1. The molecular formula is C23H30ClN3O5. The van der Waals surface area contributed by atoms with E-state index in [1.807, 2.05) is 36.4 Å². The fourth-order valence-corrected chi connectivity index (χ4v) is 2.85. The van der Waals surface area contributed by atoms with Crippen molar-refractivity contribution in [2.24, 2.45) is 5.73 Å². The van der Waals surface area contributed by atoms with Crippen LogP contribution in [-0.4, -0.2) is 44.2 Å². The van der Waals surface area contributed by atoms with Gasteiger partial charge >= 0.3 is 12.1 Å².